The first-order valence-corrected chi connectivity index (χ1v) is 9.15. The summed E-state index contributed by atoms with van der Waals surface area (Å²) in [5.74, 6) is -0.551. The Morgan fingerprint density at radius 2 is 1.38 bits per heavy atom. The van der Waals surface area contributed by atoms with Crippen LogP contribution in [0, 0.1) is 0 Å². The number of ether oxygens (including phenoxy) is 3. The molecule has 3 aromatic carbocycles. The molecule has 29 heavy (non-hydrogen) atoms. The van der Waals surface area contributed by atoms with Crippen LogP contribution in [0.3, 0.4) is 0 Å². The maximum atomic E-state index is 12.9. The molecule has 0 amide bonds. The van der Waals surface area contributed by atoms with E-state index in [9.17, 15) is 9.59 Å². The Morgan fingerprint density at radius 1 is 0.793 bits per heavy atom. The number of hydrogen-bond donors (Lipinski definition) is 0. The van der Waals surface area contributed by atoms with E-state index in [4.69, 9.17) is 14.2 Å². The highest BCUT2D eigenvalue weighted by Crippen LogP contribution is 2.27. The molecule has 0 saturated heterocycles. The lowest BCUT2D eigenvalue weighted by Gasteiger charge is -2.17. The van der Waals surface area contributed by atoms with Crippen LogP contribution in [0.4, 0.5) is 0 Å². The number of esters is 1. The summed E-state index contributed by atoms with van der Waals surface area (Å²) in [6, 6.07) is 23.6. The lowest BCUT2D eigenvalue weighted by Crippen LogP contribution is -2.21. The van der Waals surface area contributed by atoms with Crippen LogP contribution < -0.4 is 9.47 Å². The van der Waals surface area contributed by atoms with Gasteiger partial charge in [-0.1, -0.05) is 60.7 Å². The smallest absolute Gasteiger partial charge is 0.318 e. The van der Waals surface area contributed by atoms with Crippen molar-refractivity contribution in [3.8, 4) is 11.5 Å². The van der Waals surface area contributed by atoms with E-state index < -0.39 is 18.5 Å². The van der Waals surface area contributed by atoms with Crippen molar-refractivity contribution in [1.29, 1.82) is 0 Å². The van der Waals surface area contributed by atoms with Crippen LogP contribution in [0.15, 0.2) is 78.9 Å². The fourth-order valence-electron chi connectivity index (χ4n) is 3.09. The second kappa shape index (κ2) is 9.55. The molecule has 0 bridgehead atoms. The fourth-order valence-corrected chi connectivity index (χ4v) is 3.09. The molecule has 0 aromatic heterocycles. The van der Waals surface area contributed by atoms with Crippen molar-refractivity contribution in [3.05, 3.63) is 95.6 Å². The lowest BCUT2D eigenvalue weighted by molar-refractivity contribution is -0.143. The lowest BCUT2D eigenvalue weighted by atomic mass is 9.91. The number of rotatable bonds is 8. The topological polar surface area (TPSA) is 61.8 Å². The van der Waals surface area contributed by atoms with E-state index in [1.54, 1.807) is 18.2 Å². The highest BCUT2D eigenvalue weighted by Gasteiger charge is 2.25. The number of Topliss-reactive ketones (excluding diaryl/α,β-unsaturated/α-hetero) is 1. The van der Waals surface area contributed by atoms with Gasteiger partial charge in [-0.3, -0.25) is 9.59 Å². The molecule has 0 radical (unpaired) electrons. The first-order valence-electron chi connectivity index (χ1n) is 9.15. The molecule has 0 aliphatic rings. The van der Waals surface area contributed by atoms with Crippen molar-refractivity contribution < 1.29 is 23.8 Å². The van der Waals surface area contributed by atoms with E-state index >= 15 is 0 Å². The zero-order chi connectivity index (χ0) is 20.6. The van der Waals surface area contributed by atoms with Crippen LogP contribution in [-0.2, 0) is 9.53 Å². The van der Waals surface area contributed by atoms with Crippen molar-refractivity contribution in [2.75, 3.05) is 20.8 Å². The van der Waals surface area contributed by atoms with Crippen LogP contribution >= 0.6 is 0 Å². The van der Waals surface area contributed by atoms with Crippen LogP contribution in [0.25, 0.3) is 0 Å². The summed E-state index contributed by atoms with van der Waals surface area (Å²) in [5, 5.41) is 0. The van der Waals surface area contributed by atoms with E-state index in [1.807, 2.05) is 60.7 Å². The number of benzene rings is 3. The summed E-state index contributed by atoms with van der Waals surface area (Å²) in [6.07, 6.45) is 0. The zero-order valence-corrected chi connectivity index (χ0v) is 16.3. The fraction of sp³-hybridized carbons (Fsp3) is 0.167. The van der Waals surface area contributed by atoms with Crippen molar-refractivity contribution in [3.63, 3.8) is 0 Å². The minimum absolute atomic E-state index is 0.302. The minimum atomic E-state index is -0.614. The van der Waals surface area contributed by atoms with Crippen LogP contribution in [0.1, 0.15) is 27.4 Å². The molecule has 0 fully saturated rings. The molecule has 0 saturated carbocycles. The van der Waals surface area contributed by atoms with Crippen molar-refractivity contribution in [2.45, 2.75) is 5.92 Å². The number of carbonyl (C=O) groups excluding carboxylic acids is 2. The molecule has 5 nitrogen and oxygen atoms in total. The van der Waals surface area contributed by atoms with Gasteiger partial charge in [-0.25, -0.2) is 0 Å². The molecule has 5 heteroatoms. The first-order chi connectivity index (χ1) is 14.1. The maximum Gasteiger partial charge on any atom is 0.318 e. The Morgan fingerprint density at radius 3 is 1.90 bits per heavy atom. The van der Waals surface area contributed by atoms with Gasteiger partial charge in [0.1, 0.15) is 17.4 Å². The maximum absolute atomic E-state index is 12.9. The number of hydrogen-bond acceptors (Lipinski definition) is 5. The van der Waals surface area contributed by atoms with Gasteiger partial charge in [-0.05, 0) is 29.3 Å². The quantitative estimate of drug-likeness (QED) is 0.425. The van der Waals surface area contributed by atoms with Crippen molar-refractivity contribution in [1.82, 2.24) is 0 Å². The van der Waals surface area contributed by atoms with Gasteiger partial charge >= 0.3 is 5.97 Å². The molecule has 0 aliphatic heterocycles. The first kappa shape index (κ1) is 20.1. The summed E-state index contributed by atoms with van der Waals surface area (Å²) in [5.41, 5.74) is 1.90. The summed E-state index contributed by atoms with van der Waals surface area (Å²) in [4.78, 5) is 25.6. The van der Waals surface area contributed by atoms with E-state index in [0.717, 1.165) is 11.1 Å². The second-order valence-electron chi connectivity index (χ2n) is 6.35. The largest absolute Gasteiger partial charge is 0.497 e. The monoisotopic (exact) mass is 390 g/mol. The Labute approximate surface area is 169 Å². The van der Waals surface area contributed by atoms with Gasteiger partial charge in [0.25, 0.3) is 0 Å². The highest BCUT2D eigenvalue weighted by atomic mass is 16.5. The third kappa shape index (κ3) is 4.82. The van der Waals surface area contributed by atoms with Crippen LogP contribution in [0.5, 0.6) is 11.5 Å². The Bertz CT molecular complexity index is 928. The normalized spacial score (nSPS) is 10.4. The van der Waals surface area contributed by atoms with Crippen molar-refractivity contribution >= 4 is 11.8 Å². The number of methoxy groups -OCH3 is 2. The summed E-state index contributed by atoms with van der Waals surface area (Å²) in [7, 11) is 2.99. The van der Waals surface area contributed by atoms with Gasteiger partial charge in [0, 0.05) is 0 Å². The van der Waals surface area contributed by atoms with E-state index in [-0.39, 0.29) is 5.78 Å². The zero-order valence-electron chi connectivity index (χ0n) is 16.3. The third-order valence-corrected chi connectivity index (χ3v) is 4.55. The molecule has 148 valence electrons. The molecular weight excluding hydrogens is 368 g/mol. The SMILES string of the molecule is COc1ccc(OC)c(C(=O)COC(=O)C(c2ccccc2)c2ccccc2)c1. The Kier molecular flexibility index (Phi) is 6.63. The van der Waals surface area contributed by atoms with Crippen LogP contribution in [-0.4, -0.2) is 32.6 Å². The van der Waals surface area contributed by atoms with Gasteiger partial charge in [0.05, 0.1) is 19.8 Å². The van der Waals surface area contributed by atoms with Crippen LogP contribution in [0.2, 0.25) is 0 Å². The molecule has 3 rings (SSSR count). The summed E-state index contributed by atoms with van der Waals surface area (Å²) in [6.45, 7) is -0.390. The third-order valence-electron chi connectivity index (χ3n) is 4.55. The molecule has 0 heterocycles. The van der Waals surface area contributed by atoms with Gasteiger partial charge < -0.3 is 14.2 Å². The summed E-state index contributed by atoms with van der Waals surface area (Å²) < 4.78 is 15.8. The average molecular weight is 390 g/mol. The molecular formula is C24H22O5. The molecule has 0 aliphatic carbocycles. The Hall–Kier alpha value is -3.60. The predicted molar refractivity (Wildman–Crippen MR) is 110 cm³/mol. The Balaban J connectivity index is 1.80. The van der Waals surface area contributed by atoms with Gasteiger partial charge in [-0.15, -0.1) is 0 Å². The highest BCUT2D eigenvalue weighted by molar-refractivity contribution is 6.01. The van der Waals surface area contributed by atoms with Gasteiger partial charge in [0.2, 0.25) is 5.78 Å². The minimum Gasteiger partial charge on any atom is -0.497 e. The molecule has 0 N–H and O–H groups in total. The second-order valence-corrected chi connectivity index (χ2v) is 6.35. The predicted octanol–water partition coefficient (Wildman–Crippen LogP) is 4.26. The standard InChI is InChI=1S/C24H22O5/c1-27-19-13-14-22(28-2)20(15-19)21(25)16-29-24(26)23(17-9-5-3-6-10-17)18-11-7-4-8-12-18/h3-15,23H,16H2,1-2H3. The van der Waals surface area contributed by atoms with Gasteiger partial charge in [-0.2, -0.15) is 0 Å². The molecule has 0 spiro atoms. The van der Waals surface area contributed by atoms with E-state index in [1.165, 1.54) is 14.2 Å². The number of carbonyl (C=O) groups is 2. The molecule has 0 atom stereocenters. The summed E-state index contributed by atoms with van der Waals surface area (Å²) >= 11 is 0. The van der Waals surface area contributed by atoms with E-state index in [0.29, 0.717) is 17.1 Å². The van der Waals surface area contributed by atoms with E-state index in [2.05, 4.69) is 0 Å². The van der Waals surface area contributed by atoms with Gasteiger partial charge in [0.15, 0.2) is 6.61 Å². The number of ketones is 1. The molecule has 0 unspecified atom stereocenters. The molecule has 3 aromatic rings. The van der Waals surface area contributed by atoms with Crippen molar-refractivity contribution in [2.24, 2.45) is 0 Å². The average Bonchev–Trinajstić information content (AvgIpc) is 2.78.